The highest BCUT2D eigenvalue weighted by atomic mass is 16.6. The van der Waals surface area contributed by atoms with Gasteiger partial charge in [-0.1, -0.05) is 32.1 Å². The van der Waals surface area contributed by atoms with E-state index in [0.29, 0.717) is 42.8 Å². The third-order valence-corrected chi connectivity index (χ3v) is 9.34. The first kappa shape index (κ1) is 27.0. The number of nitrogens with zero attached hydrogens (tertiary/aromatic N) is 2. The van der Waals surface area contributed by atoms with Crippen molar-refractivity contribution in [1.82, 2.24) is 9.80 Å². The van der Waals surface area contributed by atoms with Gasteiger partial charge in [0, 0.05) is 52.0 Å². The molecule has 1 amide bonds. The molecule has 1 aromatic carbocycles. The van der Waals surface area contributed by atoms with Crippen LogP contribution in [0.2, 0.25) is 0 Å². The largest absolute Gasteiger partial charge is 0.485 e. The first-order valence-corrected chi connectivity index (χ1v) is 14.1. The molecule has 2 heterocycles. The van der Waals surface area contributed by atoms with Crippen LogP contribution < -0.4 is 9.47 Å². The Morgan fingerprint density at radius 2 is 1.87 bits per heavy atom. The molecule has 1 N–H and O–H groups in total. The van der Waals surface area contributed by atoms with Crippen molar-refractivity contribution in [2.75, 3.05) is 39.3 Å². The number of benzene rings is 1. The molecule has 208 valence electrons. The number of rotatable bonds is 5. The van der Waals surface area contributed by atoms with Gasteiger partial charge in [-0.25, -0.2) is 0 Å². The number of hydrogen-bond donors (Lipinski definition) is 1. The van der Waals surface area contributed by atoms with E-state index in [9.17, 15) is 14.7 Å². The number of piperazine rings is 1. The summed E-state index contributed by atoms with van der Waals surface area (Å²) in [5, 5.41) is 11.9. The van der Waals surface area contributed by atoms with Gasteiger partial charge in [-0.05, 0) is 55.2 Å². The van der Waals surface area contributed by atoms with Crippen LogP contribution in [0, 0.1) is 23.7 Å². The Morgan fingerprint density at radius 1 is 1.16 bits per heavy atom. The van der Waals surface area contributed by atoms with Crippen molar-refractivity contribution in [2.24, 2.45) is 23.7 Å². The van der Waals surface area contributed by atoms with E-state index in [0.717, 1.165) is 38.0 Å². The average molecular weight is 527 g/mol. The van der Waals surface area contributed by atoms with Crippen LogP contribution in [-0.4, -0.2) is 83.9 Å². The predicted molar refractivity (Wildman–Crippen MR) is 143 cm³/mol. The van der Waals surface area contributed by atoms with Crippen molar-refractivity contribution in [3.8, 4) is 11.5 Å². The molecule has 5 rings (SSSR count). The molecule has 2 aliphatic heterocycles. The zero-order chi connectivity index (χ0) is 27.0. The molecule has 7 atom stereocenters. The van der Waals surface area contributed by atoms with Crippen molar-refractivity contribution in [1.29, 1.82) is 0 Å². The Bertz CT molecular complexity index is 1070. The fourth-order valence-corrected chi connectivity index (χ4v) is 7.04. The van der Waals surface area contributed by atoms with Gasteiger partial charge in [0.25, 0.3) is 5.91 Å². The van der Waals surface area contributed by atoms with Gasteiger partial charge in [0.2, 0.25) is 6.10 Å². The van der Waals surface area contributed by atoms with E-state index in [2.05, 4.69) is 24.8 Å². The minimum absolute atomic E-state index is 0.0105. The zero-order valence-corrected chi connectivity index (χ0v) is 23.1. The van der Waals surface area contributed by atoms with Crippen molar-refractivity contribution in [3.63, 3.8) is 0 Å². The summed E-state index contributed by atoms with van der Waals surface area (Å²) in [6.07, 6.45) is 3.77. The van der Waals surface area contributed by atoms with Crippen molar-refractivity contribution in [3.05, 3.63) is 35.9 Å². The summed E-state index contributed by atoms with van der Waals surface area (Å²) >= 11 is 0. The highest BCUT2D eigenvalue weighted by Crippen LogP contribution is 2.51. The van der Waals surface area contributed by atoms with E-state index >= 15 is 0 Å². The van der Waals surface area contributed by atoms with E-state index in [1.165, 1.54) is 6.92 Å². The molecule has 8 heteroatoms. The molecule has 0 spiro atoms. The van der Waals surface area contributed by atoms with E-state index in [-0.39, 0.29) is 36.4 Å². The Balaban J connectivity index is 1.17. The van der Waals surface area contributed by atoms with Crippen LogP contribution >= 0.6 is 0 Å². The van der Waals surface area contributed by atoms with Crippen molar-refractivity contribution >= 4 is 11.9 Å². The number of ether oxygens (including phenoxy) is 3. The highest BCUT2D eigenvalue weighted by Gasteiger charge is 2.52. The second kappa shape index (κ2) is 10.9. The van der Waals surface area contributed by atoms with Gasteiger partial charge in [-0.3, -0.25) is 14.5 Å². The number of carbonyl (C=O) groups is 2. The van der Waals surface area contributed by atoms with Crippen LogP contribution in [-0.2, 0) is 14.3 Å². The standard InChI is InChI=1S/C30H42N2O6/c1-19-15-24-23(10-9-21(3)30(24,35)16-27(19)37-22(4)33)20(2)17-31-11-13-32(14-12-31)29(34)28-18-36-25-7-5-6-8-26(25)38-28/h5-8,15,20-21,23-24,27-28,35H,9-14,16-18H2,1-4H3/t20?,21-,23+,24-,27-,28?,30-/m1/s1. The lowest BCUT2D eigenvalue weighted by Crippen LogP contribution is -2.57. The molecule has 1 aromatic rings. The van der Waals surface area contributed by atoms with Gasteiger partial charge >= 0.3 is 5.97 Å². The number of amides is 1. The fraction of sp³-hybridized carbons (Fsp3) is 0.667. The number of aliphatic hydroxyl groups is 1. The molecular formula is C30H42N2O6. The summed E-state index contributed by atoms with van der Waals surface area (Å²) in [5.41, 5.74) is 0.188. The lowest BCUT2D eigenvalue weighted by atomic mass is 9.57. The summed E-state index contributed by atoms with van der Waals surface area (Å²) in [7, 11) is 0. The zero-order valence-electron chi connectivity index (χ0n) is 23.1. The van der Waals surface area contributed by atoms with E-state index in [1.54, 1.807) is 0 Å². The Morgan fingerprint density at radius 3 is 2.58 bits per heavy atom. The third-order valence-electron chi connectivity index (χ3n) is 9.34. The molecule has 8 nitrogen and oxygen atoms in total. The topological polar surface area (TPSA) is 88.5 Å². The van der Waals surface area contributed by atoms with Crippen LogP contribution in [0.4, 0.5) is 0 Å². The predicted octanol–water partition coefficient (Wildman–Crippen LogP) is 3.28. The number of fused-ring (bicyclic) bond motifs is 2. The smallest absolute Gasteiger partial charge is 0.303 e. The van der Waals surface area contributed by atoms with Crippen molar-refractivity contribution < 1.29 is 28.9 Å². The van der Waals surface area contributed by atoms with Gasteiger partial charge in [-0.2, -0.15) is 0 Å². The highest BCUT2D eigenvalue weighted by molar-refractivity contribution is 5.82. The molecule has 2 fully saturated rings. The number of hydrogen-bond acceptors (Lipinski definition) is 7. The van der Waals surface area contributed by atoms with E-state index in [1.807, 2.05) is 36.1 Å². The van der Waals surface area contributed by atoms with E-state index < -0.39 is 11.7 Å². The molecule has 0 aromatic heterocycles. The van der Waals surface area contributed by atoms with Gasteiger partial charge in [0.1, 0.15) is 12.7 Å². The summed E-state index contributed by atoms with van der Waals surface area (Å²) in [4.78, 5) is 29.1. The van der Waals surface area contributed by atoms with Crippen LogP contribution in [0.25, 0.3) is 0 Å². The third kappa shape index (κ3) is 5.30. The number of esters is 1. The minimum Gasteiger partial charge on any atom is -0.485 e. The van der Waals surface area contributed by atoms with Crippen molar-refractivity contribution in [2.45, 2.75) is 64.8 Å². The second-order valence-corrected chi connectivity index (χ2v) is 11.8. The molecular weight excluding hydrogens is 484 g/mol. The first-order chi connectivity index (χ1) is 18.2. The fourth-order valence-electron chi connectivity index (χ4n) is 7.04. The maximum atomic E-state index is 13.1. The molecule has 2 unspecified atom stereocenters. The van der Waals surface area contributed by atoms with Crippen LogP contribution in [0.3, 0.4) is 0 Å². The Kier molecular flexibility index (Phi) is 7.74. The summed E-state index contributed by atoms with van der Waals surface area (Å²) in [6, 6.07) is 7.46. The first-order valence-electron chi connectivity index (χ1n) is 14.1. The molecule has 38 heavy (non-hydrogen) atoms. The molecule has 1 saturated carbocycles. The Labute approximate surface area is 225 Å². The molecule has 2 aliphatic carbocycles. The summed E-state index contributed by atoms with van der Waals surface area (Å²) < 4.78 is 17.2. The number of carbonyl (C=O) groups excluding carboxylic acids is 2. The number of para-hydroxylation sites is 2. The minimum atomic E-state index is -0.859. The molecule has 0 radical (unpaired) electrons. The van der Waals surface area contributed by atoms with Crippen LogP contribution in [0.1, 0.15) is 47.0 Å². The van der Waals surface area contributed by atoms with Gasteiger partial charge < -0.3 is 24.2 Å². The van der Waals surface area contributed by atoms with Crippen LogP contribution in [0.15, 0.2) is 35.9 Å². The lowest BCUT2D eigenvalue weighted by molar-refractivity contribution is -0.159. The second-order valence-electron chi connectivity index (χ2n) is 11.8. The quantitative estimate of drug-likeness (QED) is 0.465. The summed E-state index contributed by atoms with van der Waals surface area (Å²) in [5.74, 6) is 1.96. The Hall–Kier alpha value is -2.58. The summed E-state index contributed by atoms with van der Waals surface area (Å²) in [6.45, 7) is 12.0. The van der Waals surface area contributed by atoms with Gasteiger partial charge in [-0.15, -0.1) is 0 Å². The molecule has 1 saturated heterocycles. The maximum absolute atomic E-state index is 13.1. The average Bonchev–Trinajstić information content (AvgIpc) is 2.90. The maximum Gasteiger partial charge on any atom is 0.303 e. The van der Waals surface area contributed by atoms with E-state index in [4.69, 9.17) is 14.2 Å². The molecule has 4 aliphatic rings. The molecule has 0 bridgehead atoms. The normalized spacial score (nSPS) is 34.1. The van der Waals surface area contributed by atoms with Gasteiger partial charge in [0.15, 0.2) is 11.5 Å². The van der Waals surface area contributed by atoms with Crippen LogP contribution in [0.5, 0.6) is 11.5 Å². The monoisotopic (exact) mass is 526 g/mol. The lowest BCUT2D eigenvalue weighted by Gasteiger charge is -2.53. The van der Waals surface area contributed by atoms with Gasteiger partial charge in [0.05, 0.1) is 5.60 Å². The SMILES string of the molecule is CC(=O)O[C@@H]1C[C@@]2(O)[C@H](C)CC[C@@H](C(C)CN3CCN(C(=O)C4COc5ccccc5O4)CC3)[C@H]2C=C1C.